The van der Waals surface area contributed by atoms with E-state index in [2.05, 4.69) is 15.3 Å². The van der Waals surface area contributed by atoms with Gasteiger partial charge in [0, 0.05) is 12.2 Å². The quantitative estimate of drug-likeness (QED) is 0.343. The van der Waals surface area contributed by atoms with Gasteiger partial charge in [0.15, 0.2) is 5.69 Å². The molecule has 0 fully saturated rings. The van der Waals surface area contributed by atoms with Crippen molar-refractivity contribution in [3.05, 3.63) is 102 Å². The first-order valence-electron chi connectivity index (χ1n) is 10.8. The molecule has 0 radical (unpaired) electrons. The number of nitrogens with zero attached hydrogens (tertiary/aromatic N) is 3. The van der Waals surface area contributed by atoms with Crippen molar-refractivity contribution in [2.45, 2.75) is 25.2 Å². The number of rotatable bonds is 9. The van der Waals surface area contributed by atoms with Crippen LogP contribution in [0, 0.1) is 5.82 Å². The molecule has 2 heterocycles. The van der Waals surface area contributed by atoms with Crippen LogP contribution in [-0.4, -0.2) is 30.0 Å². The number of amides is 1. The van der Waals surface area contributed by atoms with E-state index in [1.54, 1.807) is 53.4 Å². The molecule has 0 aliphatic rings. The second-order valence-electron chi connectivity index (χ2n) is 7.67. The molecule has 0 aliphatic carbocycles. The molecule has 2 aromatic carbocycles. The van der Waals surface area contributed by atoms with Gasteiger partial charge in [-0.1, -0.05) is 37.3 Å². The van der Waals surface area contributed by atoms with Crippen molar-refractivity contribution in [3.8, 4) is 0 Å². The molecule has 0 atom stereocenters. The van der Waals surface area contributed by atoms with Gasteiger partial charge in [-0.05, 0) is 42.0 Å². The Morgan fingerprint density at radius 1 is 1.03 bits per heavy atom. The zero-order valence-corrected chi connectivity index (χ0v) is 19.7. The largest absolute Gasteiger partial charge is 0.467 e. The van der Waals surface area contributed by atoms with E-state index in [0.717, 1.165) is 5.56 Å². The van der Waals surface area contributed by atoms with Crippen molar-refractivity contribution in [1.29, 1.82) is 0 Å². The van der Waals surface area contributed by atoms with Crippen LogP contribution in [-0.2, 0) is 22.9 Å². The van der Waals surface area contributed by atoms with Crippen molar-refractivity contribution in [2.75, 3.05) is 16.0 Å². The third kappa shape index (κ3) is 5.90. The number of furan rings is 1. The van der Waals surface area contributed by atoms with Crippen molar-refractivity contribution < 1.29 is 22.0 Å². The van der Waals surface area contributed by atoms with Gasteiger partial charge in [0.2, 0.25) is 15.0 Å². The molecular weight excluding hydrogens is 471 g/mol. The smallest absolute Gasteiger partial charge is 0.276 e. The first-order valence-corrected chi connectivity index (χ1v) is 12.5. The topological polar surface area (TPSA) is 105 Å². The molecule has 35 heavy (non-hydrogen) atoms. The third-order valence-electron chi connectivity index (χ3n) is 5.21. The number of sulfone groups is 1. The summed E-state index contributed by atoms with van der Waals surface area (Å²) in [4.78, 5) is 23.3. The molecule has 1 N–H and O–H groups in total. The van der Waals surface area contributed by atoms with Crippen LogP contribution < -0.4 is 10.2 Å². The molecule has 0 unspecified atom stereocenters. The fourth-order valence-corrected chi connectivity index (χ4v) is 4.08. The summed E-state index contributed by atoms with van der Waals surface area (Å²) in [6, 6.07) is 18.2. The van der Waals surface area contributed by atoms with E-state index in [9.17, 15) is 17.6 Å². The average molecular weight is 495 g/mol. The first-order chi connectivity index (χ1) is 16.9. The summed E-state index contributed by atoms with van der Waals surface area (Å²) < 4.78 is 43.9. The minimum Gasteiger partial charge on any atom is -0.467 e. The molecule has 0 saturated heterocycles. The summed E-state index contributed by atoms with van der Waals surface area (Å²) in [5.74, 6) is -0.569. The molecule has 2 aromatic heterocycles. The lowest BCUT2D eigenvalue weighted by atomic mass is 10.1. The number of aromatic nitrogens is 2. The summed E-state index contributed by atoms with van der Waals surface area (Å²) in [7, 11) is -3.76. The summed E-state index contributed by atoms with van der Waals surface area (Å²) in [5.41, 5.74) is 1.48. The van der Waals surface area contributed by atoms with Crippen LogP contribution in [0.5, 0.6) is 0 Å². The Morgan fingerprint density at radius 3 is 2.43 bits per heavy atom. The van der Waals surface area contributed by atoms with Gasteiger partial charge in [0.25, 0.3) is 5.91 Å². The maximum atomic E-state index is 13.5. The number of carbonyl (C=O) groups excluding carboxylic acids is 1. The van der Waals surface area contributed by atoms with Crippen LogP contribution >= 0.6 is 0 Å². The molecular formula is C25H23FN4O4S. The van der Waals surface area contributed by atoms with Crippen LogP contribution in [0.2, 0.25) is 0 Å². The van der Waals surface area contributed by atoms with Gasteiger partial charge in [0.05, 0.1) is 30.4 Å². The van der Waals surface area contributed by atoms with E-state index >= 15 is 0 Å². The average Bonchev–Trinajstić information content (AvgIpc) is 3.38. The molecule has 4 rings (SSSR count). The minimum atomic E-state index is -3.76. The molecule has 10 heteroatoms. The van der Waals surface area contributed by atoms with Crippen molar-refractivity contribution >= 4 is 27.1 Å². The lowest BCUT2D eigenvalue weighted by Crippen LogP contribution is -2.27. The van der Waals surface area contributed by atoms with Gasteiger partial charge >= 0.3 is 0 Å². The lowest BCUT2D eigenvalue weighted by molar-refractivity contribution is 0.102. The van der Waals surface area contributed by atoms with E-state index < -0.39 is 20.9 Å². The van der Waals surface area contributed by atoms with Gasteiger partial charge < -0.3 is 14.6 Å². The highest BCUT2D eigenvalue weighted by molar-refractivity contribution is 7.91. The second-order valence-corrected chi connectivity index (χ2v) is 9.84. The predicted octanol–water partition coefficient (Wildman–Crippen LogP) is 4.46. The highest BCUT2D eigenvalue weighted by Gasteiger charge is 2.25. The number of hydrogen-bond donors (Lipinski definition) is 1. The third-order valence-corrected chi connectivity index (χ3v) is 6.72. The Hall–Kier alpha value is -4.05. The Bertz CT molecular complexity index is 1390. The van der Waals surface area contributed by atoms with Gasteiger partial charge in [-0.15, -0.1) is 0 Å². The minimum absolute atomic E-state index is 0.107. The second kappa shape index (κ2) is 10.5. The standard InChI is InChI=1S/C25H23FN4O4S/c1-2-35(32,33)25-27-15-22(23(29-25)24(31)28-20-7-4-3-5-8-20)30(17-21-9-6-14-34-21)16-18-10-12-19(26)13-11-18/h3-15H,2,16-17H2,1H3,(H,28,31). The monoisotopic (exact) mass is 494 g/mol. The van der Waals surface area contributed by atoms with E-state index in [4.69, 9.17) is 4.42 Å². The molecule has 0 spiro atoms. The van der Waals surface area contributed by atoms with Gasteiger partial charge in [0.1, 0.15) is 11.6 Å². The predicted molar refractivity (Wildman–Crippen MR) is 129 cm³/mol. The van der Waals surface area contributed by atoms with E-state index in [1.165, 1.54) is 31.5 Å². The van der Waals surface area contributed by atoms with Gasteiger partial charge in [-0.2, -0.15) is 0 Å². The van der Waals surface area contributed by atoms with Gasteiger partial charge in [-0.3, -0.25) is 4.79 Å². The Kier molecular flexibility index (Phi) is 7.21. The number of carbonyl (C=O) groups is 1. The Morgan fingerprint density at radius 2 is 1.77 bits per heavy atom. The highest BCUT2D eigenvalue weighted by atomic mass is 32.2. The van der Waals surface area contributed by atoms with Crippen LogP contribution in [0.25, 0.3) is 0 Å². The molecule has 0 saturated carbocycles. The Balaban J connectivity index is 1.79. The molecule has 0 aliphatic heterocycles. The number of para-hydroxylation sites is 1. The number of halogens is 1. The molecule has 1 amide bonds. The van der Waals surface area contributed by atoms with Crippen molar-refractivity contribution in [1.82, 2.24) is 9.97 Å². The summed E-state index contributed by atoms with van der Waals surface area (Å²) in [6.07, 6.45) is 2.85. The number of nitrogens with one attached hydrogen (secondary N) is 1. The Labute approximate surface area is 202 Å². The number of anilines is 2. The van der Waals surface area contributed by atoms with Crippen LogP contribution in [0.1, 0.15) is 28.7 Å². The fourth-order valence-electron chi connectivity index (χ4n) is 3.38. The van der Waals surface area contributed by atoms with Crippen LogP contribution in [0.3, 0.4) is 0 Å². The summed E-state index contributed by atoms with van der Waals surface area (Å²) in [6.45, 7) is 1.98. The van der Waals surface area contributed by atoms with Crippen LogP contribution in [0.15, 0.2) is 88.8 Å². The fraction of sp³-hybridized carbons (Fsp3) is 0.160. The summed E-state index contributed by atoms with van der Waals surface area (Å²) in [5, 5.41) is 2.33. The van der Waals surface area contributed by atoms with Crippen molar-refractivity contribution in [2.24, 2.45) is 0 Å². The first kappa shape index (κ1) is 24.1. The van der Waals surface area contributed by atoms with Gasteiger partial charge in [-0.25, -0.2) is 22.8 Å². The SMILES string of the molecule is CCS(=O)(=O)c1ncc(N(Cc2ccc(F)cc2)Cc2ccco2)c(C(=O)Nc2ccccc2)n1. The number of benzene rings is 2. The lowest BCUT2D eigenvalue weighted by Gasteiger charge is -2.25. The van der Waals surface area contributed by atoms with Crippen molar-refractivity contribution in [3.63, 3.8) is 0 Å². The maximum absolute atomic E-state index is 13.5. The highest BCUT2D eigenvalue weighted by Crippen LogP contribution is 2.25. The molecule has 180 valence electrons. The van der Waals surface area contributed by atoms with E-state index in [0.29, 0.717) is 17.1 Å². The van der Waals surface area contributed by atoms with E-state index in [-0.39, 0.29) is 30.4 Å². The van der Waals surface area contributed by atoms with Crippen LogP contribution in [0.4, 0.5) is 15.8 Å². The maximum Gasteiger partial charge on any atom is 0.276 e. The molecule has 4 aromatic rings. The zero-order chi connectivity index (χ0) is 24.8. The van der Waals surface area contributed by atoms with E-state index in [1.807, 2.05) is 6.07 Å². The zero-order valence-electron chi connectivity index (χ0n) is 18.9. The molecule has 0 bridgehead atoms. The number of hydrogen-bond acceptors (Lipinski definition) is 7. The summed E-state index contributed by atoms with van der Waals surface area (Å²) >= 11 is 0. The molecule has 8 nitrogen and oxygen atoms in total. The normalized spacial score (nSPS) is 11.3.